The highest BCUT2D eigenvalue weighted by atomic mass is 79.9. The summed E-state index contributed by atoms with van der Waals surface area (Å²) in [5.41, 5.74) is 0.790. The molecule has 0 bridgehead atoms. The molecule has 6 heteroatoms. The molecule has 0 aliphatic heterocycles. The molecule has 106 valence electrons. The zero-order valence-electron chi connectivity index (χ0n) is 10.6. The van der Waals surface area contributed by atoms with Gasteiger partial charge in [-0.1, -0.05) is 6.07 Å². The molecule has 2 aromatic rings. The molecular formula is C14H13Br2NOS2. The monoisotopic (exact) mass is 433 g/mol. The lowest BCUT2D eigenvalue weighted by molar-refractivity contribution is 0.0919. The Balaban J connectivity index is 1.70. The number of Topliss-reactive ketones (excluding diaryl/α,β-unsaturated/α-hetero) is 1. The maximum atomic E-state index is 12.5. The summed E-state index contributed by atoms with van der Waals surface area (Å²) in [7, 11) is 0. The molecule has 2 nitrogen and oxygen atoms in total. The normalized spacial score (nSPS) is 14.9. The average molecular weight is 435 g/mol. The first kappa shape index (κ1) is 14.9. The zero-order valence-corrected chi connectivity index (χ0v) is 15.4. The van der Waals surface area contributed by atoms with Gasteiger partial charge in [-0.2, -0.15) is 0 Å². The van der Waals surface area contributed by atoms with E-state index in [1.807, 2.05) is 6.07 Å². The molecule has 0 radical (unpaired) electrons. The first-order valence-corrected chi connectivity index (χ1v) is 9.66. The third-order valence-corrected chi connectivity index (χ3v) is 6.51. The van der Waals surface area contributed by atoms with E-state index in [2.05, 4.69) is 54.3 Å². The first-order chi connectivity index (χ1) is 9.63. The smallest absolute Gasteiger partial charge is 0.178 e. The number of carbonyl (C=O) groups excluding carboxylic acids is 1. The first-order valence-electron chi connectivity index (χ1n) is 6.38. The van der Waals surface area contributed by atoms with Gasteiger partial charge in [0.2, 0.25) is 0 Å². The van der Waals surface area contributed by atoms with Crippen molar-refractivity contribution in [3.05, 3.63) is 41.6 Å². The Hall–Kier alpha value is -0.0100. The van der Waals surface area contributed by atoms with Gasteiger partial charge in [0.1, 0.15) is 0 Å². The van der Waals surface area contributed by atoms with Crippen LogP contribution in [-0.2, 0) is 6.54 Å². The van der Waals surface area contributed by atoms with Crippen LogP contribution in [0.25, 0.3) is 0 Å². The molecular weight excluding hydrogens is 422 g/mol. The molecule has 1 fully saturated rings. The van der Waals surface area contributed by atoms with Crippen LogP contribution in [0, 0.1) is 0 Å². The molecule has 1 saturated carbocycles. The molecule has 1 aliphatic rings. The van der Waals surface area contributed by atoms with Crippen molar-refractivity contribution in [3.8, 4) is 0 Å². The SMILES string of the molecule is O=C(CN(Cc1cccs1)C1CC1)c1cc(Br)sc1Br. The van der Waals surface area contributed by atoms with Gasteiger partial charge in [-0.3, -0.25) is 9.69 Å². The van der Waals surface area contributed by atoms with Crippen LogP contribution in [0.1, 0.15) is 28.1 Å². The van der Waals surface area contributed by atoms with Crippen molar-refractivity contribution in [2.75, 3.05) is 6.54 Å². The maximum absolute atomic E-state index is 12.5. The minimum atomic E-state index is 0.197. The van der Waals surface area contributed by atoms with Crippen LogP contribution >= 0.6 is 54.5 Å². The Morgan fingerprint density at radius 2 is 2.20 bits per heavy atom. The lowest BCUT2D eigenvalue weighted by Gasteiger charge is -2.20. The second kappa shape index (κ2) is 6.40. The van der Waals surface area contributed by atoms with Gasteiger partial charge < -0.3 is 0 Å². The predicted molar refractivity (Wildman–Crippen MR) is 91.8 cm³/mol. The van der Waals surface area contributed by atoms with Crippen molar-refractivity contribution in [1.82, 2.24) is 4.90 Å². The number of hydrogen-bond donors (Lipinski definition) is 0. The highest BCUT2D eigenvalue weighted by Crippen LogP contribution is 2.34. The average Bonchev–Trinajstić information content (AvgIpc) is 3.02. The number of ketones is 1. The fraction of sp³-hybridized carbons (Fsp3) is 0.357. The number of carbonyl (C=O) groups is 1. The van der Waals surface area contributed by atoms with E-state index in [0.717, 1.165) is 19.7 Å². The van der Waals surface area contributed by atoms with Gasteiger partial charge in [0.15, 0.2) is 5.78 Å². The Labute approximate surface area is 143 Å². The molecule has 3 rings (SSSR count). The van der Waals surface area contributed by atoms with Crippen molar-refractivity contribution in [2.45, 2.75) is 25.4 Å². The van der Waals surface area contributed by atoms with Gasteiger partial charge in [-0.05, 0) is 62.2 Å². The zero-order chi connectivity index (χ0) is 14.1. The van der Waals surface area contributed by atoms with Crippen molar-refractivity contribution < 1.29 is 4.79 Å². The van der Waals surface area contributed by atoms with Gasteiger partial charge in [0, 0.05) is 23.0 Å². The molecule has 20 heavy (non-hydrogen) atoms. The van der Waals surface area contributed by atoms with Crippen LogP contribution in [0.2, 0.25) is 0 Å². The molecule has 0 unspecified atom stereocenters. The molecule has 0 N–H and O–H groups in total. The summed E-state index contributed by atoms with van der Waals surface area (Å²) in [6, 6.07) is 6.70. The number of halogens is 2. The summed E-state index contributed by atoms with van der Waals surface area (Å²) in [4.78, 5) is 16.1. The lowest BCUT2D eigenvalue weighted by atomic mass is 10.2. The second-order valence-corrected chi connectivity index (χ2v) is 9.66. The van der Waals surface area contributed by atoms with Crippen LogP contribution in [0.15, 0.2) is 31.2 Å². The largest absolute Gasteiger partial charge is 0.293 e. The number of hydrogen-bond acceptors (Lipinski definition) is 4. The summed E-state index contributed by atoms with van der Waals surface area (Å²) < 4.78 is 1.91. The van der Waals surface area contributed by atoms with Crippen LogP contribution in [0.4, 0.5) is 0 Å². The van der Waals surface area contributed by atoms with E-state index in [1.54, 1.807) is 22.7 Å². The van der Waals surface area contributed by atoms with Gasteiger partial charge in [0.25, 0.3) is 0 Å². The minimum Gasteiger partial charge on any atom is -0.293 e. The number of nitrogens with zero attached hydrogens (tertiary/aromatic N) is 1. The van der Waals surface area contributed by atoms with E-state index in [4.69, 9.17) is 0 Å². The van der Waals surface area contributed by atoms with Crippen LogP contribution in [0.5, 0.6) is 0 Å². The second-order valence-electron chi connectivity index (χ2n) is 4.88. The van der Waals surface area contributed by atoms with E-state index in [-0.39, 0.29) is 5.78 Å². The Bertz CT molecular complexity index is 605. The Morgan fingerprint density at radius 3 is 2.75 bits per heavy atom. The van der Waals surface area contributed by atoms with E-state index >= 15 is 0 Å². The molecule has 2 heterocycles. The van der Waals surface area contributed by atoms with Gasteiger partial charge >= 0.3 is 0 Å². The van der Waals surface area contributed by atoms with Crippen molar-refractivity contribution in [3.63, 3.8) is 0 Å². The summed E-state index contributed by atoms with van der Waals surface area (Å²) in [6.45, 7) is 1.39. The summed E-state index contributed by atoms with van der Waals surface area (Å²) in [5, 5.41) is 2.09. The molecule has 0 atom stereocenters. The summed E-state index contributed by atoms with van der Waals surface area (Å²) in [6.07, 6.45) is 2.43. The fourth-order valence-electron chi connectivity index (χ4n) is 2.16. The summed E-state index contributed by atoms with van der Waals surface area (Å²) in [5.74, 6) is 0.197. The molecule has 1 aliphatic carbocycles. The van der Waals surface area contributed by atoms with Gasteiger partial charge in [-0.15, -0.1) is 22.7 Å². The number of thiophene rings is 2. The van der Waals surface area contributed by atoms with Crippen molar-refractivity contribution in [1.29, 1.82) is 0 Å². The summed E-state index contributed by atoms with van der Waals surface area (Å²) >= 11 is 10.2. The van der Waals surface area contributed by atoms with E-state index in [9.17, 15) is 4.79 Å². The molecule has 0 spiro atoms. The molecule has 0 amide bonds. The van der Waals surface area contributed by atoms with Crippen LogP contribution < -0.4 is 0 Å². The highest BCUT2D eigenvalue weighted by molar-refractivity contribution is 9.12. The topological polar surface area (TPSA) is 20.3 Å². The third-order valence-electron chi connectivity index (χ3n) is 3.31. The van der Waals surface area contributed by atoms with E-state index in [0.29, 0.717) is 12.6 Å². The number of rotatable bonds is 6. The van der Waals surface area contributed by atoms with Gasteiger partial charge in [0.05, 0.1) is 14.1 Å². The lowest BCUT2D eigenvalue weighted by Crippen LogP contribution is -2.31. The third kappa shape index (κ3) is 3.60. The fourth-order valence-corrected chi connectivity index (χ4v) is 5.74. The Kier molecular flexibility index (Phi) is 4.77. The Morgan fingerprint density at radius 1 is 1.40 bits per heavy atom. The minimum absolute atomic E-state index is 0.197. The molecule has 0 aromatic carbocycles. The van der Waals surface area contributed by atoms with Crippen molar-refractivity contribution in [2.24, 2.45) is 0 Å². The van der Waals surface area contributed by atoms with Crippen LogP contribution in [-0.4, -0.2) is 23.3 Å². The van der Waals surface area contributed by atoms with Crippen molar-refractivity contribution >= 4 is 60.3 Å². The quantitative estimate of drug-likeness (QED) is 0.583. The van der Waals surface area contributed by atoms with E-state index < -0.39 is 0 Å². The van der Waals surface area contributed by atoms with Crippen LogP contribution in [0.3, 0.4) is 0 Å². The maximum Gasteiger partial charge on any atom is 0.178 e. The molecule has 2 aromatic heterocycles. The highest BCUT2D eigenvalue weighted by Gasteiger charge is 2.31. The van der Waals surface area contributed by atoms with Gasteiger partial charge in [-0.25, -0.2) is 0 Å². The predicted octanol–water partition coefficient (Wildman–Crippen LogP) is 5.18. The standard InChI is InChI=1S/C14H13Br2NOS2/c15-13-6-11(14(16)20-13)12(18)8-17(9-3-4-9)7-10-2-1-5-19-10/h1-2,5-6,9H,3-4,7-8H2. The molecule has 0 saturated heterocycles. The van der Waals surface area contributed by atoms with E-state index in [1.165, 1.54) is 17.7 Å².